The Balaban J connectivity index is 1.50. The molecule has 1 heterocycles. The minimum atomic E-state index is -4.16. The summed E-state index contributed by atoms with van der Waals surface area (Å²) in [5.41, 5.74) is 1.74. The van der Waals surface area contributed by atoms with Crippen molar-refractivity contribution in [3.05, 3.63) is 77.3 Å². The van der Waals surface area contributed by atoms with E-state index in [1.54, 1.807) is 36.4 Å². The first-order valence-electron chi connectivity index (χ1n) is 11.5. The zero-order valence-corrected chi connectivity index (χ0v) is 23.0. The molecule has 3 aromatic rings. The molecule has 0 aliphatic carbocycles. The second-order valence-corrected chi connectivity index (χ2v) is 11.6. The van der Waals surface area contributed by atoms with Gasteiger partial charge in [0.25, 0.3) is 0 Å². The minimum absolute atomic E-state index is 0.0561. The Morgan fingerprint density at radius 2 is 1.62 bits per heavy atom. The number of rotatable bonds is 10. The molecule has 1 fully saturated rings. The number of benzene rings is 3. The van der Waals surface area contributed by atoms with E-state index < -0.39 is 27.8 Å². The van der Waals surface area contributed by atoms with Crippen molar-refractivity contribution in [2.45, 2.75) is 34.5 Å². The largest absolute Gasteiger partial charge is 0.487 e. The Kier molecular flexibility index (Phi) is 8.94. The van der Waals surface area contributed by atoms with Crippen molar-refractivity contribution in [1.29, 1.82) is 0 Å². The predicted octanol–water partition coefficient (Wildman–Crippen LogP) is 4.74. The third kappa shape index (κ3) is 7.13. The van der Waals surface area contributed by atoms with Crippen molar-refractivity contribution < 1.29 is 32.5 Å². The van der Waals surface area contributed by atoms with Gasteiger partial charge in [-0.1, -0.05) is 52.3 Å². The Morgan fingerprint density at radius 3 is 2.22 bits per heavy atom. The van der Waals surface area contributed by atoms with Crippen LogP contribution in [0.15, 0.2) is 87.1 Å². The van der Waals surface area contributed by atoms with E-state index in [9.17, 15) is 18.3 Å². The normalized spacial score (nSPS) is 16.2. The summed E-state index contributed by atoms with van der Waals surface area (Å²) >= 11 is 7.75. The van der Waals surface area contributed by atoms with E-state index in [1.807, 2.05) is 24.3 Å². The van der Waals surface area contributed by atoms with Gasteiger partial charge in [0, 0.05) is 15.8 Å². The molecule has 0 saturated carbocycles. The topological polar surface area (TPSA) is 111 Å². The van der Waals surface area contributed by atoms with Crippen molar-refractivity contribution >= 4 is 44.6 Å². The van der Waals surface area contributed by atoms with Crippen molar-refractivity contribution in [2.75, 3.05) is 19.8 Å². The number of ether oxygens (including phenoxy) is 3. The van der Waals surface area contributed by atoms with Crippen LogP contribution < -0.4 is 9.46 Å². The first-order chi connectivity index (χ1) is 17.7. The fourth-order valence-corrected chi connectivity index (χ4v) is 5.54. The molecule has 37 heavy (non-hydrogen) atoms. The molecule has 0 spiro atoms. The molecular formula is C26H26BrNO7S2. The van der Waals surface area contributed by atoms with Gasteiger partial charge in [-0.05, 0) is 53.9 Å². The molecule has 8 nitrogen and oxygen atoms in total. The van der Waals surface area contributed by atoms with E-state index in [4.69, 9.17) is 14.2 Å². The monoisotopic (exact) mass is 607 g/mol. The average molecular weight is 609 g/mol. The molecule has 1 saturated heterocycles. The Bertz CT molecular complexity index is 1330. The number of carboxylic acids is 1. The van der Waals surface area contributed by atoms with Crippen LogP contribution in [0.3, 0.4) is 0 Å². The third-order valence-corrected chi connectivity index (χ3v) is 8.17. The van der Waals surface area contributed by atoms with Crippen LogP contribution in [-0.4, -0.2) is 51.1 Å². The van der Waals surface area contributed by atoms with Crippen LogP contribution in [-0.2, 0) is 24.3 Å². The van der Waals surface area contributed by atoms with Crippen LogP contribution in [0.1, 0.15) is 12.8 Å². The molecule has 0 aromatic heterocycles. The fourth-order valence-electron chi connectivity index (χ4n) is 3.86. The lowest BCUT2D eigenvalue weighted by Crippen LogP contribution is -2.53. The maximum absolute atomic E-state index is 13.1. The number of para-hydroxylation sites is 1. The summed E-state index contributed by atoms with van der Waals surface area (Å²) in [5, 5.41) is 9.88. The first-order valence-corrected chi connectivity index (χ1v) is 14.2. The highest BCUT2D eigenvalue weighted by atomic mass is 79.9. The molecule has 1 unspecified atom stereocenters. The molecule has 0 bridgehead atoms. The van der Waals surface area contributed by atoms with Gasteiger partial charge in [0.15, 0.2) is 0 Å². The predicted molar refractivity (Wildman–Crippen MR) is 144 cm³/mol. The highest BCUT2D eigenvalue weighted by Crippen LogP contribution is 2.29. The minimum Gasteiger partial charge on any atom is -0.487 e. The number of carbonyl (C=O) groups is 1. The average Bonchev–Trinajstić information content (AvgIpc) is 2.89. The van der Waals surface area contributed by atoms with E-state index >= 15 is 0 Å². The van der Waals surface area contributed by atoms with E-state index in [0.29, 0.717) is 30.3 Å². The number of hydrogen-bond donors (Lipinski definition) is 3. The van der Waals surface area contributed by atoms with Crippen molar-refractivity contribution in [3.63, 3.8) is 0 Å². The maximum Gasteiger partial charge on any atom is 0.321 e. The third-order valence-electron chi connectivity index (χ3n) is 5.78. The summed E-state index contributed by atoms with van der Waals surface area (Å²) in [7, 11) is -4.16. The Hall–Kier alpha value is -2.41. The van der Waals surface area contributed by atoms with Crippen molar-refractivity contribution in [1.82, 2.24) is 4.72 Å². The number of thiol groups is 1. The van der Waals surface area contributed by atoms with Gasteiger partial charge >= 0.3 is 5.97 Å². The molecule has 1 atom stereocenters. The smallest absolute Gasteiger partial charge is 0.321 e. The summed E-state index contributed by atoms with van der Waals surface area (Å²) < 4.78 is 46.9. The van der Waals surface area contributed by atoms with Crippen LogP contribution in [0.4, 0.5) is 0 Å². The molecule has 0 radical (unpaired) electrons. The first kappa shape index (κ1) is 27.6. The lowest BCUT2D eigenvalue weighted by atomic mass is 10.1. The molecule has 0 amide bonds. The molecule has 1 aliphatic heterocycles. The summed E-state index contributed by atoms with van der Waals surface area (Å²) in [6.45, 7) is 0.503. The number of aliphatic carboxylic acids is 1. The molecule has 2 N–H and O–H groups in total. The van der Waals surface area contributed by atoms with E-state index in [-0.39, 0.29) is 17.9 Å². The summed E-state index contributed by atoms with van der Waals surface area (Å²) in [6.07, 6.45) is 0.326. The van der Waals surface area contributed by atoms with Gasteiger partial charge < -0.3 is 19.3 Å². The highest BCUT2D eigenvalue weighted by Gasteiger charge is 2.42. The van der Waals surface area contributed by atoms with Crippen molar-refractivity contribution in [3.8, 4) is 16.9 Å². The van der Waals surface area contributed by atoms with Crippen LogP contribution in [0, 0.1) is 0 Å². The highest BCUT2D eigenvalue weighted by molar-refractivity contribution is 9.10. The lowest BCUT2D eigenvalue weighted by Gasteiger charge is -2.38. The van der Waals surface area contributed by atoms with Gasteiger partial charge in [-0.2, -0.15) is 4.72 Å². The fraction of sp³-hybridized carbons (Fsp3) is 0.269. The van der Waals surface area contributed by atoms with Gasteiger partial charge in [-0.3, -0.25) is 4.79 Å². The van der Waals surface area contributed by atoms with Crippen LogP contribution in [0.25, 0.3) is 11.1 Å². The molecule has 11 heteroatoms. The number of carboxylic acid groups (broad SMARTS) is 1. The zero-order valence-electron chi connectivity index (χ0n) is 19.7. The number of sulfonamides is 1. The van der Waals surface area contributed by atoms with Crippen LogP contribution in [0.2, 0.25) is 0 Å². The van der Waals surface area contributed by atoms with E-state index in [0.717, 1.165) is 15.6 Å². The molecule has 196 valence electrons. The standard InChI is InChI=1S/C26H26BrNO7S2/c27-20-10-6-18(7-11-20)19-8-12-21(13-9-19)37(31,32)28-22(25(29)30)16-26(34-14-3-15-35-26)17-33-23-4-1-2-5-24(23)36/h1-2,4-13,22,28,36H,3,14-17H2,(H,29,30). The molecule has 4 rings (SSSR count). The second-order valence-electron chi connectivity index (χ2n) is 8.47. The van der Waals surface area contributed by atoms with Crippen LogP contribution >= 0.6 is 28.6 Å². The van der Waals surface area contributed by atoms with Gasteiger partial charge in [0.2, 0.25) is 15.8 Å². The lowest BCUT2D eigenvalue weighted by molar-refractivity contribution is -0.283. The van der Waals surface area contributed by atoms with Gasteiger partial charge in [-0.15, -0.1) is 12.6 Å². The van der Waals surface area contributed by atoms with Gasteiger partial charge in [-0.25, -0.2) is 8.42 Å². The molecule has 1 aliphatic rings. The van der Waals surface area contributed by atoms with E-state index in [2.05, 4.69) is 33.3 Å². The number of nitrogens with one attached hydrogen (secondary N) is 1. The van der Waals surface area contributed by atoms with Gasteiger partial charge in [0.1, 0.15) is 18.4 Å². The second kappa shape index (κ2) is 12.0. The number of hydrogen-bond acceptors (Lipinski definition) is 7. The summed E-state index contributed by atoms with van der Waals surface area (Å²) in [6, 6.07) is 19.3. The van der Waals surface area contributed by atoms with Crippen molar-refractivity contribution in [2.24, 2.45) is 0 Å². The summed E-state index contributed by atoms with van der Waals surface area (Å²) in [5.74, 6) is -2.34. The van der Waals surface area contributed by atoms with E-state index in [1.165, 1.54) is 12.1 Å². The molecular weight excluding hydrogens is 582 g/mol. The maximum atomic E-state index is 13.1. The van der Waals surface area contributed by atoms with Gasteiger partial charge in [0.05, 0.1) is 18.1 Å². The number of halogens is 1. The summed E-state index contributed by atoms with van der Waals surface area (Å²) in [4.78, 5) is 12.7. The quantitative estimate of drug-likeness (QED) is 0.285. The Morgan fingerprint density at radius 1 is 1.03 bits per heavy atom. The zero-order chi connectivity index (χ0) is 26.5. The molecule has 3 aromatic carbocycles. The van der Waals surface area contributed by atoms with Crippen LogP contribution in [0.5, 0.6) is 5.75 Å². The Labute approximate surface area is 229 Å². The SMILES string of the molecule is O=C(O)C(CC1(COc2ccccc2S)OCCCO1)NS(=O)(=O)c1ccc(-c2ccc(Br)cc2)cc1.